The molecule has 79 valence electrons. The fourth-order valence-electron chi connectivity index (χ4n) is 0.747. The summed E-state index contributed by atoms with van der Waals surface area (Å²) in [5, 5.41) is 1.06. The predicted molar refractivity (Wildman–Crippen MR) is 64.8 cm³/mol. The molecule has 0 saturated heterocycles. The van der Waals surface area contributed by atoms with Gasteiger partial charge in [0.2, 0.25) is 9.88 Å². The fraction of sp³-hybridized carbons (Fsp3) is 0. The molecule has 0 spiro atoms. The SMILES string of the molecule is O=PP(P=S(=O)=O)Pc1ccccc1.[V]. The molecule has 0 fully saturated rings. The Morgan fingerprint density at radius 1 is 1.20 bits per heavy atom. The van der Waals surface area contributed by atoms with Crippen molar-refractivity contribution in [1.29, 1.82) is 0 Å². The molecule has 3 nitrogen and oxygen atoms in total. The second-order valence-corrected chi connectivity index (χ2v) is 15.2. The zero-order chi connectivity index (χ0) is 10.4. The van der Waals surface area contributed by atoms with Crippen LogP contribution in [-0.2, 0) is 33.0 Å². The zero-order valence-corrected chi connectivity index (χ0v) is 13.2. The van der Waals surface area contributed by atoms with Crippen molar-refractivity contribution in [3.05, 3.63) is 30.3 Å². The Morgan fingerprint density at radius 3 is 2.27 bits per heavy atom. The molecule has 1 rings (SSSR count). The summed E-state index contributed by atoms with van der Waals surface area (Å²) in [5.41, 5.74) is 0. The molecule has 0 bridgehead atoms. The van der Waals surface area contributed by atoms with Gasteiger partial charge >= 0.3 is 0 Å². The molecule has 1 aromatic rings. The smallest absolute Gasteiger partial charge is 0.239 e. The van der Waals surface area contributed by atoms with Gasteiger partial charge < -0.3 is 0 Å². The normalized spacial score (nSPS) is 12.8. The summed E-state index contributed by atoms with van der Waals surface area (Å²) in [6, 6.07) is 9.52. The minimum absolute atomic E-state index is 0. The van der Waals surface area contributed by atoms with Crippen molar-refractivity contribution in [2.45, 2.75) is 0 Å². The molecule has 0 aliphatic carbocycles. The molecule has 0 amide bonds. The van der Waals surface area contributed by atoms with Gasteiger partial charge in [-0.1, -0.05) is 30.3 Å². The zero-order valence-electron chi connectivity index (χ0n) is 7.31. The van der Waals surface area contributed by atoms with Crippen LogP contribution in [0.1, 0.15) is 0 Å². The van der Waals surface area contributed by atoms with E-state index in [1.165, 1.54) is 0 Å². The van der Waals surface area contributed by atoms with Gasteiger partial charge in [-0.3, -0.25) is 4.57 Å². The number of hydrogen-bond donors (Lipinski definition) is 0. The summed E-state index contributed by atoms with van der Waals surface area (Å²) in [5.74, 6) is 0. The van der Waals surface area contributed by atoms with E-state index in [4.69, 9.17) is 0 Å². The number of hydrogen-bond acceptors (Lipinski definition) is 3. The summed E-state index contributed by atoms with van der Waals surface area (Å²) in [6.07, 6.45) is 0. The van der Waals surface area contributed by atoms with Crippen LogP contribution in [0.25, 0.3) is 0 Å². The molecule has 0 N–H and O–H groups in total. The van der Waals surface area contributed by atoms with Crippen LogP contribution in [-0.4, -0.2) is 8.42 Å². The first-order valence-electron chi connectivity index (χ1n) is 3.48. The summed E-state index contributed by atoms with van der Waals surface area (Å²) in [6.45, 7) is -0.970. The van der Waals surface area contributed by atoms with Crippen LogP contribution >= 0.6 is 30.5 Å². The Labute approximate surface area is 107 Å². The van der Waals surface area contributed by atoms with Crippen molar-refractivity contribution in [2.75, 3.05) is 0 Å². The maximum atomic E-state index is 10.7. The predicted octanol–water partition coefficient (Wildman–Crippen LogP) is 3.25. The first-order valence-corrected chi connectivity index (χ1v) is 11.5. The average molecular weight is 333 g/mol. The minimum Gasteiger partial charge on any atom is -0.269 e. The molecule has 15 heavy (non-hydrogen) atoms. The largest absolute Gasteiger partial charge is 0.269 e. The maximum absolute atomic E-state index is 10.7. The van der Waals surface area contributed by atoms with E-state index in [9.17, 15) is 13.0 Å². The molecule has 2 atom stereocenters. The van der Waals surface area contributed by atoms with E-state index >= 15 is 0 Å². The topological polar surface area (TPSA) is 51.2 Å². The molecule has 1 aromatic carbocycles. The van der Waals surface area contributed by atoms with E-state index in [2.05, 4.69) is 0 Å². The minimum atomic E-state index is -2.12. The third kappa shape index (κ3) is 6.93. The maximum Gasteiger partial charge on any atom is 0.239 e. The van der Waals surface area contributed by atoms with Crippen molar-refractivity contribution in [2.24, 2.45) is 0 Å². The van der Waals surface area contributed by atoms with Gasteiger partial charge in [-0.05, 0) is 13.6 Å². The third-order valence-electron chi connectivity index (χ3n) is 1.22. The Morgan fingerprint density at radius 2 is 1.80 bits per heavy atom. The van der Waals surface area contributed by atoms with Gasteiger partial charge in [-0.2, -0.15) is 8.42 Å². The van der Waals surface area contributed by atoms with Crippen molar-refractivity contribution >= 4 is 45.6 Å². The first-order chi connectivity index (χ1) is 6.72. The summed E-state index contributed by atoms with van der Waals surface area (Å²) >= 11 is 0. The van der Waals surface area contributed by atoms with Gasteiger partial charge in [0, 0.05) is 18.6 Å². The van der Waals surface area contributed by atoms with Gasteiger partial charge in [-0.25, -0.2) is 0 Å². The number of rotatable bonds is 4. The molecular weight excluding hydrogens is 327 g/mol. The van der Waals surface area contributed by atoms with Gasteiger partial charge in [0.25, 0.3) is 0 Å². The van der Waals surface area contributed by atoms with Crippen molar-refractivity contribution < 1.29 is 31.5 Å². The average Bonchev–Trinajstić information content (AvgIpc) is 2.17. The monoisotopic (exact) mass is 333 g/mol. The molecule has 1 radical (unpaired) electrons. The van der Waals surface area contributed by atoms with Gasteiger partial charge in [0.15, 0.2) is 8.15 Å². The molecule has 0 saturated carbocycles. The molecule has 0 aliphatic rings. The molecular formula is C6H6O3P4SV. The van der Waals surface area contributed by atoms with E-state index in [1.807, 2.05) is 30.3 Å². The molecule has 0 aromatic heterocycles. The Kier molecular flexibility index (Phi) is 9.50. The molecule has 0 heterocycles. The van der Waals surface area contributed by atoms with E-state index in [-0.39, 0.29) is 33.7 Å². The van der Waals surface area contributed by atoms with Crippen LogP contribution < -0.4 is 5.30 Å². The van der Waals surface area contributed by atoms with Crippen LogP contribution in [0.4, 0.5) is 0 Å². The third-order valence-corrected chi connectivity index (χ3v) is 15.1. The fourth-order valence-corrected chi connectivity index (χ4v) is 12.9. The number of benzene rings is 1. The van der Waals surface area contributed by atoms with E-state index in [0.29, 0.717) is 8.27 Å². The Balaban J connectivity index is 0.00000196. The van der Waals surface area contributed by atoms with Gasteiger partial charge in [0.1, 0.15) is 0 Å². The van der Waals surface area contributed by atoms with Gasteiger partial charge in [-0.15, -0.1) is 0 Å². The Bertz CT molecular complexity index is 427. The Hall–Kier alpha value is 0.884. The molecule has 2 unspecified atom stereocenters. The summed E-state index contributed by atoms with van der Waals surface area (Å²) in [4.78, 5) is 0. The molecule has 0 aliphatic heterocycles. The van der Waals surface area contributed by atoms with Crippen LogP contribution in [0.3, 0.4) is 0 Å². The second kappa shape index (κ2) is 8.97. The standard InChI is InChI=1S/C6H6O3P4S.V/c7-11-13(12-14(8)9)10-6-4-2-1-3-5-6;/h1-5,10H;. The second-order valence-electron chi connectivity index (χ2n) is 2.15. The quantitative estimate of drug-likeness (QED) is 0.795. The van der Waals surface area contributed by atoms with Crippen LogP contribution in [0, 0.1) is 0 Å². The van der Waals surface area contributed by atoms with Gasteiger partial charge in [0.05, 0.1) is 14.0 Å². The van der Waals surface area contributed by atoms with Crippen molar-refractivity contribution in [1.82, 2.24) is 0 Å². The molecule has 9 heteroatoms. The van der Waals surface area contributed by atoms with Crippen molar-refractivity contribution in [3.63, 3.8) is 0 Å². The van der Waals surface area contributed by atoms with Crippen LogP contribution in [0.15, 0.2) is 30.3 Å². The summed E-state index contributed by atoms with van der Waals surface area (Å²) < 4.78 is 31.5. The van der Waals surface area contributed by atoms with Crippen LogP contribution in [0.5, 0.6) is 0 Å². The first kappa shape index (κ1) is 15.9. The van der Waals surface area contributed by atoms with E-state index in [0.717, 1.165) is 5.30 Å². The van der Waals surface area contributed by atoms with Crippen molar-refractivity contribution in [3.8, 4) is 0 Å². The van der Waals surface area contributed by atoms with E-state index in [1.54, 1.807) is 0 Å². The summed E-state index contributed by atoms with van der Waals surface area (Å²) in [7, 11) is -1.57. The van der Waals surface area contributed by atoms with Crippen LogP contribution in [0.2, 0.25) is 0 Å². The van der Waals surface area contributed by atoms with E-state index < -0.39 is 16.9 Å².